The molecule has 10 heteroatoms. The summed E-state index contributed by atoms with van der Waals surface area (Å²) in [6.45, 7) is 3.37. The number of methoxy groups -OCH3 is 1. The fraction of sp³-hybridized carbons (Fsp3) is 0.241. The summed E-state index contributed by atoms with van der Waals surface area (Å²) in [5.74, 6) is 0.0438. The van der Waals surface area contributed by atoms with Crippen LogP contribution in [-0.2, 0) is 7.05 Å². The molecule has 0 aliphatic carbocycles. The molecule has 2 aromatic heterocycles. The van der Waals surface area contributed by atoms with E-state index in [4.69, 9.17) is 18.6 Å². The van der Waals surface area contributed by atoms with Gasteiger partial charge in [0.25, 0.3) is 0 Å². The molecule has 2 atom stereocenters. The van der Waals surface area contributed by atoms with Gasteiger partial charge in [-0.3, -0.25) is 4.79 Å². The number of aromatic hydroxyl groups is 2. The van der Waals surface area contributed by atoms with E-state index in [1.165, 1.54) is 31.4 Å². The Morgan fingerprint density at radius 1 is 1.00 bits per heavy atom. The number of phenols is 2. The molecule has 2 unspecified atom stereocenters. The van der Waals surface area contributed by atoms with Gasteiger partial charge in [-0.05, 0) is 44.2 Å². The number of aryl methyl sites for hydroxylation is 1. The molecule has 3 heterocycles. The molecule has 3 N–H and O–H groups in total. The van der Waals surface area contributed by atoms with Crippen molar-refractivity contribution in [3.05, 3.63) is 74.7 Å². The third kappa shape index (κ3) is 3.59. The van der Waals surface area contributed by atoms with E-state index in [1.807, 2.05) is 0 Å². The zero-order valence-corrected chi connectivity index (χ0v) is 21.5. The molecule has 0 saturated carbocycles. The van der Waals surface area contributed by atoms with E-state index in [0.29, 0.717) is 28.0 Å². The van der Waals surface area contributed by atoms with Crippen LogP contribution in [0.15, 0.2) is 62.5 Å². The van der Waals surface area contributed by atoms with Crippen LogP contribution in [0.3, 0.4) is 0 Å². The zero-order valence-electron chi connectivity index (χ0n) is 21.5. The van der Waals surface area contributed by atoms with Gasteiger partial charge in [-0.15, -0.1) is 0 Å². The zero-order chi connectivity index (χ0) is 27.8. The normalized spacial score (nSPS) is 18.2. The number of pyridine rings is 1. The maximum atomic E-state index is 13.5. The second-order valence-electron chi connectivity index (χ2n) is 10.1. The van der Waals surface area contributed by atoms with E-state index in [2.05, 4.69) is 0 Å². The summed E-state index contributed by atoms with van der Waals surface area (Å²) in [6.07, 6.45) is -2.45. The van der Waals surface area contributed by atoms with Crippen LogP contribution >= 0.6 is 0 Å². The van der Waals surface area contributed by atoms with Crippen LogP contribution in [0.2, 0.25) is 0 Å². The molecule has 200 valence electrons. The Morgan fingerprint density at radius 2 is 1.74 bits per heavy atom. The molecule has 0 amide bonds. The minimum atomic E-state index is -1.28. The van der Waals surface area contributed by atoms with Gasteiger partial charge in [-0.1, -0.05) is 0 Å². The van der Waals surface area contributed by atoms with Crippen LogP contribution in [0.5, 0.6) is 28.7 Å². The molecule has 1 aliphatic rings. The first kappa shape index (κ1) is 24.6. The van der Waals surface area contributed by atoms with Gasteiger partial charge >= 0.3 is 5.63 Å². The maximum Gasteiger partial charge on any atom is 0.336 e. The number of benzene rings is 3. The number of hydrogen-bond acceptors (Lipinski definition) is 9. The molecule has 0 spiro atoms. The number of fused-ring (bicyclic) bond motifs is 5. The van der Waals surface area contributed by atoms with Gasteiger partial charge in [0.05, 0.1) is 34.5 Å². The van der Waals surface area contributed by atoms with Crippen molar-refractivity contribution in [3.8, 4) is 28.7 Å². The summed E-state index contributed by atoms with van der Waals surface area (Å²) in [5, 5.41) is 33.9. The number of rotatable bonds is 3. The van der Waals surface area contributed by atoms with Crippen molar-refractivity contribution >= 4 is 32.8 Å². The summed E-state index contributed by atoms with van der Waals surface area (Å²) in [6, 6.07) is 12.0. The Labute approximate surface area is 220 Å². The molecule has 0 fully saturated rings. The van der Waals surface area contributed by atoms with Crippen LogP contribution in [0, 0.1) is 0 Å². The Hall–Kier alpha value is -4.70. The van der Waals surface area contributed by atoms with E-state index in [0.717, 1.165) is 0 Å². The van der Waals surface area contributed by atoms with E-state index in [-0.39, 0.29) is 39.1 Å². The third-order valence-corrected chi connectivity index (χ3v) is 7.27. The van der Waals surface area contributed by atoms with Crippen LogP contribution in [-0.4, -0.2) is 38.7 Å². The summed E-state index contributed by atoms with van der Waals surface area (Å²) >= 11 is 0. The lowest BCUT2D eigenvalue weighted by atomic mass is 9.87. The number of hydrogen-bond donors (Lipinski definition) is 3. The summed E-state index contributed by atoms with van der Waals surface area (Å²) in [5.41, 5.74) is -1.17. The summed E-state index contributed by atoms with van der Waals surface area (Å²) in [7, 11) is 3.09. The van der Waals surface area contributed by atoms with E-state index >= 15 is 0 Å². The lowest BCUT2D eigenvalue weighted by molar-refractivity contribution is -0.102. The van der Waals surface area contributed by atoms with Gasteiger partial charge in [0.2, 0.25) is 5.43 Å². The highest BCUT2D eigenvalue weighted by molar-refractivity contribution is 6.00. The van der Waals surface area contributed by atoms with E-state index < -0.39 is 28.9 Å². The topological polar surface area (TPSA) is 141 Å². The summed E-state index contributed by atoms with van der Waals surface area (Å²) in [4.78, 5) is 25.7. The average Bonchev–Trinajstić information content (AvgIpc) is 2.89. The Kier molecular flexibility index (Phi) is 5.31. The van der Waals surface area contributed by atoms with Crippen LogP contribution < -0.4 is 25.3 Å². The monoisotopic (exact) mass is 531 g/mol. The molecule has 0 radical (unpaired) electrons. The van der Waals surface area contributed by atoms with Crippen molar-refractivity contribution in [3.63, 3.8) is 0 Å². The minimum Gasteiger partial charge on any atom is -0.507 e. The molecule has 1 aliphatic heterocycles. The quantitative estimate of drug-likeness (QED) is 0.234. The Morgan fingerprint density at radius 3 is 2.49 bits per heavy atom. The van der Waals surface area contributed by atoms with Crippen molar-refractivity contribution in [2.24, 2.45) is 7.05 Å². The molecule has 0 bridgehead atoms. The summed E-state index contributed by atoms with van der Waals surface area (Å²) < 4.78 is 24.8. The SMILES string of the molecule is COc1cc(O)c2c(=O)c3ccc(O)c(OC4c5c(ccc6ccc(=O)oc56)OC(C)(C)C4O)c3n(C)c2c1. The van der Waals surface area contributed by atoms with E-state index in [1.54, 1.807) is 49.7 Å². The van der Waals surface area contributed by atoms with Gasteiger partial charge < -0.3 is 38.5 Å². The largest absolute Gasteiger partial charge is 0.507 e. The number of aromatic nitrogens is 1. The average molecular weight is 532 g/mol. The van der Waals surface area contributed by atoms with Gasteiger partial charge in [0.15, 0.2) is 17.6 Å². The highest BCUT2D eigenvalue weighted by atomic mass is 16.5. The maximum absolute atomic E-state index is 13.5. The van der Waals surface area contributed by atoms with Crippen LogP contribution in [0.1, 0.15) is 25.5 Å². The predicted octanol–water partition coefficient (Wildman–Crippen LogP) is 3.87. The van der Waals surface area contributed by atoms with Gasteiger partial charge in [-0.25, -0.2) is 4.79 Å². The van der Waals surface area contributed by atoms with Crippen molar-refractivity contribution < 1.29 is 33.9 Å². The highest BCUT2D eigenvalue weighted by Gasteiger charge is 2.46. The number of aliphatic hydroxyl groups is 1. The van der Waals surface area contributed by atoms with Crippen LogP contribution in [0.25, 0.3) is 32.8 Å². The van der Waals surface area contributed by atoms with Crippen molar-refractivity contribution in [2.75, 3.05) is 7.11 Å². The molecule has 5 aromatic rings. The standard InChI is InChI=1S/C29H25NO9/c1-29(2)28(35)27(22-19(39-29)9-5-13-6-10-20(33)37-25(13)22)38-26-17(31)8-7-15-23(26)30(3)16-11-14(36-4)12-18(32)21(16)24(15)34/h5-12,27-28,31-32,35H,1-4H3. The fourth-order valence-electron chi connectivity index (χ4n) is 5.26. The Bertz CT molecular complexity index is 1940. The first-order chi connectivity index (χ1) is 18.5. The molecular formula is C29H25NO9. The number of ether oxygens (including phenoxy) is 3. The lowest BCUT2D eigenvalue weighted by Gasteiger charge is -2.41. The van der Waals surface area contributed by atoms with Crippen molar-refractivity contribution in [2.45, 2.75) is 31.7 Å². The lowest BCUT2D eigenvalue weighted by Crippen LogP contribution is -2.50. The van der Waals surface area contributed by atoms with Gasteiger partial charge in [0.1, 0.15) is 34.5 Å². The molecule has 6 rings (SSSR count). The smallest absolute Gasteiger partial charge is 0.336 e. The fourth-order valence-corrected chi connectivity index (χ4v) is 5.26. The number of aliphatic hydroxyl groups excluding tert-OH is 1. The van der Waals surface area contributed by atoms with E-state index in [9.17, 15) is 24.9 Å². The third-order valence-electron chi connectivity index (χ3n) is 7.27. The molecule has 3 aromatic carbocycles. The first-order valence-corrected chi connectivity index (χ1v) is 12.2. The molecule has 39 heavy (non-hydrogen) atoms. The van der Waals surface area contributed by atoms with Crippen molar-refractivity contribution in [1.29, 1.82) is 0 Å². The first-order valence-electron chi connectivity index (χ1n) is 12.2. The number of nitrogens with zero attached hydrogens (tertiary/aromatic N) is 1. The molecule has 10 nitrogen and oxygen atoms in total. The number of phenolic OH excluding ortho intramolecular Hbond substituents is 2. The highest BCUT2D eigenvalue weighted by Crippen LogP contribution is 2.48. The van der Waals surface area contributed by atoms with Gasteiger partial charge in [0, 0.05) is 30.6 Å². The van der Waals surface area contributed by atoms with Gasteiger partial charge in [-0.2, -0.15) is 0 Å². The van der Waals surface area contributed by atoms with Crippen LogP contribution in [0.4, 0.5) is 0 Å². The Balaban J connectivity index is 1.66. The predicted molar refractivity (Wildman–Crippen MR) is 143 cm³/mol. The second-order valence-corrected chi connectivity index (χ2v) is 10.1. The molecular weight excluding hydrogens is 506 g/mol. The van der Waals surface area contributed by atoms with Crippen molar-refractivity contribution in [1.82, 2.24) is 4.57 Å². The second kappa shape index (κ2) is 8.40. The molecule has 0 saturated heterocycles. The minimum absolute atomic E-state index is 0.0767.